The van der Waals surface area contributed by atoms with E-state index in [1.807, 2.05) is 17.5 Å². The number of hydrogen-bond acceptors (Lipinski definition) is 4. The molecule has 1 aliphatic carbocycles. The number of nitrogens with one attached hydrogen (secondary N) is 2. The molecule has 26 heavy (non-hydrogen) atoms. The van der Waals surface area contributed by atoms with E-state index in [9.17, 15) is 9.59 Å². The van der Waals surface area contributed by atoms with E-state index in [2.05, 4.69) is 10.6 Å². The molecule has 0 aliphatic heterocycles. The maximum absolute atomic E-state index is 12.9. The van der Waals surface area contributed by atoms with Crippen molar-refractivity contribution in [2.45, 2.75) is 25.4 Å². The first-order valence-corrected chi connectivity index (χ1v) is 9.52. The van der Waals surface area contributed by atoms with Crippen molar-refractivity contribution in [2.24, 2.45) is 0 Å². The summed E-state index contributed by atoms with van der Waals surface area (Å²) >= 11 is 1.62. The highest BCUT2D eigenvalue weighted by molar-refractivity contribution is 7.09. The Balaban J connectivity index is 1.68. The van der Waals surface area contributed by atoms with E-state index in [0.717, 1.165) is 17.7 Å². The van der Waals surface area contributed by atoms with Gasteiger partial charge >= 0.3 is 6.03 Å². The molecule has 3 amide bonds. The second kappa shape index (κ2) is 8.82. The molecule has 0 saturated heterocycles. The van der Waals surface area contributed by atoms with Gasteiger partial charge in [0.2, 0.25) is 0 Å². The van der Waals surface area contributed by atoms with Gasteiger partial charge in [0.1, 0.15) is 0 Å². The summed E-state index contributed by atoms with van der Waals surface area (Å²) in [5.41, 5.74) is 1.15. The first-order valence-electron chi connectivity index (χ1n) is 8.64. The van der Waals surface area contributed by atoms with Crippen LogP contribution in [0.5, 0.6) is 0 Å². The molecule has 0 radical (unpaired) electrons. The molecule has 0 bridgehead atoms. The predicted molar refractivity (Wildman–Crippen MR) is 103 cm³/mol. The highest BCUT2D eigenvalue weighted by atomic mass is 32.1. The molecule has 2 aromatic rings. The normalized spacial score (nSPS) is 13.3. The van der Waals surface area contributed by atoms with Gasteiger partial charge < -0.3 is 20.3 Å². The number of benzene rings is 1. The van der Waals surface area contributed by atoms with Gasteiger partial charge in [-0.1, -0.05) is 12.1 Å². The smallest absolute Gasteiger partial charge is 0.319 e. The lowest BCUT2D eigenvalue weighted by Gasteiger charge is -2.22. The predicted octanol–water partition coefficient (Wildman–Crippen LogP) is 3.32. The number of thiophene rings is 1. The monoisotopic (exact) mass is 373 g/mol. The molecule has 138 valence electrons. The molecule has 0 atom stereocenters. The van der Waals surface area contributed by atoms with Crippen molar-refractivity contribution in [1.82, 2.24) is 10.2 Å². The molecule has 2 N–H and O–H groups in total. The van der Waals surface area contributed by atoms with Gasteiger partial charge in [0.05, 0.1) is 13.2 Å². The molecule has 7 heteroatoms. The maximum Gasteiger partial charge on any atom is 0.319 e. The van der Waals surface area contributed by atoms with Crippen LogP contribution in [0.4, 0.5) is 10.5 Å². The third kappa shape index (κ3) is 5.31. The summed E-state index contributed by atoms with van der Waals surface area (Å²) in [5.74, 6) is -0.0818. The Labute approximate surface area is 157 Å². The molecular weight excluding hydrogens is 350 g/mol. The summed E-state index contributed by atoms with van der Waals surface area (Å²) < 4.78 is 5.14. The molecule has 1 saturated carbocycles. The Morgan fingerprint density at radius 3 is 2.81 bits per heavy atom. The zero-order valence-corrected chi connectivity index (χ0v) is 15.6. The van der Waals surface area contributed by atoms with Gasteiger partial charge in [0, 0.05) is 35.8 Å². The van der Waals surface area contributed by atoms with Crippen LogP contribution in [-0.4, -0.2) is 43.1 Å². The van der Waals surface area contributed by atoms with Gasteiger partial charge in [0.25, 0.3) is 5.91 Å². The summed E-state index contributed by atoms with van der Waals surface area (Å²) in [5, 5.41) is 7.66. The Morgan fingerprint density at radius 2 is 2.12 bits per heavy atom. The number of ether oxygens (including phenoxy) is 1. The molecule has 1 aromatic heterocycles. The molecule has 1 heterocycles. The Hall–Kier alpha value is -2.38. The summed E-state index contributed by atoms with van der Waals surface area (Å²) in [7, 11) is 1.62. The summed E-state index contributed by atoms with van der Waals surface area (Å²) in [6.07, 6.45) is 2.06. The van der Waals surface area contributed by atoms with Crippen molar-refractivity contribution >= 4 is 29.0 Å². The van der Waals surface area contributed by atoms with Crippen LogP contribution in [0.15, 0.2) is 41.8 Å². The number of hydrogen-bond donors (Lipinski definition) is 2. The highest BCUT2D eigenvalue weighted by Gasteiger charge is 2.23. The van der Waals surface area contributed by atoms with Crippen molar-refractivity contribution < 1.29 is 14.3 Å². The van der Waals surface area contributed by atoms with Gasteiger partial charge in [-0.2, -0.15) is 0 Å². The molecule has 1 fully saturated rings. The fraction of sp³-hybridized carbons (Fsp3) is 0.368. The van der Waals surface area contributed by atoms with E-state index < -0.39 is 0 Å². The first-order chi connectivity index (χ1) is 12.7. The third-order valence-corrected chi connectivity index (χ3v) is 4.92. The minimum atomic E-state index is -0.230. The van der Waals surface area contributed by atoms with Crippen LogP contribution < -0.4 is 10.6 Å². The number of rotatable bonds is 8. The van der Waals surface area contributed by atoms with Crippen molar-refractivity contribution in [3.8, 4) is 0 Å². The third-order valence-electron chi connectivity index (χ3n) is 4.06. The van der Waals surface area contributed by atoms with Crippen LogP contribution in [0.25, 0.3) is 0 Å². The van der Waals surface area contributed by atoms with Crippen LogP contribution in [0, 0.1) is 0 Å². The van der Waals surface area contributed by atoms with Crippen LogP contribution in [-0.2, 0) is 11.3 Å². The zero-order chi connectivity index (χ0) is 18.4. The molecule has 0 unspecified atom stereocenters. The number of carbonyl (C=O) groups is 2. The minimum Gasteiger partial charge on any atom is -0.383 e. The quantitative estimate of drug-likeness (QED) is 0.746. The summed E-state index contributed by atoms with van der Waals surface area (Å²) in [6.45, 7) is 1.52. The molecule has 6 nitrogen and oxygen atoms in total. The molecule has 3 rings (SSSR count). The van der Waals surface area contributed by atoms with E-state index in [4.69, 9.17) is 4.74 Å². The lowest BCUT2D eigenvalue weighted by Crippen LogP contribution is -2.33. The van der Waals surface area contributed by atoms with E-state index in [0.29, 0.717) is 30.9 Å². The number of anilines is 1. The van der Waals surface area contributed by atoms with E-state index in [1.165, 1.54) is 0 Å². The topological polar surface area (TPSA) is 70.7 Å². The van der Waals surface area contributed by atoms with Crippen LogP contribution in [0.2, 0.25) is 0 Å². The molecule has 0 spiro atoms. The Morgan fingerprint density at radius 1 is 1.27 bits per heavy atom. The molecule has 1 aromatic carbocycles. The maximum atomic E-state index is 12.9. The van der Waals surface area contributed by atoms with Crippen LogP contribution in [0.1, 0.15) is 28.1 Å². The van der Waals surface area contributed by atoms with Crippen molar-refractivity contribution in [3.05, 3.63) is 52.2 Å². The fourth-order valence-corrected chi connectivity index (χ4v) is 3.26. The summed E-state index contributed by atoms with van der Waals surface area (Å²) in [6, 6.07) is 11.1. The Kier molecular flexibility index (Phi) is 6.25. The average Bonchev–Trinajstić information content (AvgIpc) is 3.29. The van der Waals surface area contributed by atoms with Crippen molar-refractivity contribution in [3.63, 3.8) is 0 Å². The number of methoxy groups -OCH3 is 1. The molecule has 1 aliphatic rings. The van der Waals surface area contributed by atoms with Gasteiger partial charge in [-0.05, 0) is 42.5 Å². The molecular formula is C19H23N3O3S. The van der Waals surface area contributed by atoms with E-state index in [1.54, 1.807) is 47.6 Å². The van der Waals surface area contributed by atoms with Crippen molar-refractivity contribution in [1.29, 1.82) is 0 Å². The van der Waals surface area contributed by atoms with E-state index in [-0.39, 0.29) is 18.0 Å². The fourth-order valence-electron chi connectivity index (χ4n) is 2.54. The average molecular weight is 373 g/mol. The largest absolute Gasteiger partial charge is 0.383 e. The van der Waals surface area contributed by atoms with Crippen molar-refractivity contribution in [2.75, 3.05) is 25.6 Å². The van der Waals surface area contributed by atoms with Gasteiger partial charge in [0.15, 0.2) is 0 Å². The zero-order valence-electron chi connectivity index (χ0n) is 14.7. The second-order valence-electron chi connectivity index (χ2n) is 6.25. The SMILES string of the molecule is COCCN(Cc1cccs1)C(=O)c1cccc(NC(=O)NC2CC2)c1. The standard InChI is InChI=1S/C19H23N3O3S/c1-25-10-9-22(13-17-6-3-11-26-17)18(23)14-4-2-5-16(12-14)21-19(24)20-15-7-8-15/h2-6,11-12,15H,7-10,13H2,1H3,(H2,20,21,24). The van der Waals surface area contributed by atoms with Gasteiger partial charge in [-0.15, -0.1) is 11.3 Å². The first kappa shape index (κ1) is 18.4. The lowest BCUT2D eigenvalue weighted by atomic mass is 10.1. The van der Waals surface area contributed by atoms with E-state index >= 15 is 0 Å². The van der Waals surface area contributed by atoms with Crippen LogP contribution in [0.3, 0.4) is 0 Å². The number of nitrogens with zero attached hydrogens (tertiary/aromatic N) is 1. The second-order valence-corrected chi connectivity index (χ2v) is 7.28. The number of carbonyl (C=O) groups excluding carboxylic acids is 2. The lowest BCUT2D eigenvalue weighted by molar-refractivity contribution is 0.0682. The summed E-state index contributed by atoms with van der Waals surface area (Å²) in [4.78, 5) is 27.7. The number of amides is 3. The van der Waals surface area contributed by atoms with Crippen LogP contribution >= 0.6 is 11.3 Å². The van der Waals surface area contributed by atoms with Gasteiger partial charge in [-0.25, -0.2) is 4.79 Å². The minimum absolute atomic E-state index is 0.0818. The Bertz CT molecular complexity index is 744. The highest BCUT2D eigenvalue weighted by Crippen LogP contribution is 2.20. The number of urea groups is 1. The van der Waals surface area contributed by atoms with Gasteiger partial charge in [-0.3, -0.25) is 4.79 Å².